The lowest BCUT2D eigenvalue weighted by Crippen LogP contribution is -2.19. The van der Waals surface area contributed by atoms with Crippen LogP contribution in [0.5, 0.6) is 0 Å². The minimum absolute atomic E-state index is 0. The maximum atomic E-state index is 12.9. The number of aliphatic hydroxyl groups is 1. The molecule has 1 aliphatic carbocycles. The third kappa shape index (κ3) is 7.38. The number of carbonyl (C=O) groups excluding carboxylic acids is 1. The van der Waals surface area contributed by atoms with E-state index < -0.39 is 0 Å². The molecule has 2 aromatic carbocycles. The summed E-state index contributed by atoms with van der Waals surface area (Å²) in [5, 5.41) is 16.1. The summed E-state index contributed by atoms with van der Waals surface area (Å²) in [5.41, 5.74) is 7.25. The minimum Gasteiger partial charge on any atom is -0.462 e. The maximum absolute atomic E-state index is 12.9. The number of aryl methyl sites for hydroxylation is 2. The second-order valence-corrected chi connectivity index (χ2v) is 9.01. The standard InChI is InChI=1S/C28H30N2O3.C3H9NO.ClH/c1-6-29-23-15-25-21(13-17(23)4)27(19-11-9-10-12-20(19)28(31)32-8-3)22-14-18(5)24(30-7-2)16-26(22)33-25;1-3(5)4-2;/h9-16,29H,6-8H2,1-5H3;3-5H,1-2H3;1H/b30-24-;;. The van der Waals surface area contributed by atoms with Gasteiger partial charge in [-0.15, -0.1) is 12.4 Å². The van der Waals surface area contributed by atoms with Gasteiger partial charge in [-0.25, -0.2) is 4.79 Å². The normalized spacial score (nSPS) is 11.9. The van der Waals surface area contributed by atoms with E-state index in [0.29, 0.717) is 18.7 Å². The van der Waals surface area contributed by atoms with E-state index in [-0.39, 0.29) is 24.6 Å². The van der Waals surface area contributed by atoms with Crippen LogP contribution in [-0.4, -0.2) is 44.0 Å². The molecule has 0 aromatic heterocycles. The predicted octanol–water partition coefficient (Wildman–Crippen LogP) is 6.32. The molecule has 0 saturated carbocycles. The summed E-state index contributed by atoms with van der Waals surface area (Å²) in [6, 6.07) is 15.9. The molecule has 0 radical (unpaired) electrons. The Labute approximate surface area is 237 Å². The number of benzene rings is 3. The molecule has 1 aliphatic heterocycles. The van der Waals surface area contributed by atoms with Gasteiger partial charge in [-0.05, 0) is 83.5 Å². The van der Waals surface area contributed by atoms with Gasteiger partial charge in [0.05, 0.1) is 17.5 Å². The minimum atomic E-state index is -0.366. The van der Waals surface area contributed by atoms with Crippen LogP contribution in [0.1, 0.15) is 49.2 Å². The number of hydrogen-bond donors (Lipinski definition) is 3. The van der Waals surface area contributed by atoms with Gasteiger partial charge in [-0.1, -0.05) is 18.2 Å². The van der Waals surface area contributed by atoms with Crippen molar-refractivity contribution in [2.24, 2.45) is 4.99 Å². The van der Waals surface area contributed by atoms with Gasteiger partial charge >= 0.3 is 5.97 Å². The molecule has 8 heteroatoms. The van der Waals surface area contributed by atoms with Crippen molar-refractivity contribution in [3.8, 4) is 22.5 Å². The van der Waals surface area contributed by atoms with E-state index in [1.807, 2.05) is 50.2 Å². The van der Waals surface area contributed by atoms with Gasteiger partial charge in [-0.3, -0.25) is 10.3 Å². The molecule has 1 atom stereocenters. The highest BCUT2D eigenvalue weighted by Crippen LogP contribution is 2.43. The summed E-state index contributed by atoms with van der Waals surface area (Å²) in [4.78, 5) is 17.5. The largest absolute Gasteiger partial charge is 0.462 e. The van der Waals surface area contributed by atoms with Crippen LogP contribution in [-0.2, 0) is 4.74 Å². The third-order valence-corrected chi connectivity index (χ3v) is 6.19. The van der Waals surface area contributed by atoms with Crippen LogP contribution < -0.4 is 16.0 Å². The zero-order valence-corrected chi connectivity index (χ0v) is 24.7. The van der Waals surface area contributed by atoms with Crippen molar-refractivity contribution in [1.29, 1.82) is 0 Å². The first-order valence-electron chi connectivity index (χ1n) is 13.1. The van der Waals surface area contributed by atoms with E-state index in [1.54, 1.807) is 14.0 Å². The number of fused-ring (bicyclic) bond motifs is 2. The predicted molar refractivity (Wildman–Crippen MR) is 162 cm³/mol. The zero-order chi connectivity index (χ0) is 27.8. The molecular formula is C31H40ClN3O4. The molecule has 2 aromatic rings. The first-order chi connectivity index (χ1) is 18.2. The number of nitrogens with one attached hydrogen (secondary N) is 2. The van der Waals surface area contributed by atoms with E-state index in [4.69, 9.17) is 14.3 Å². The van der Waals surface area contributed by atoms with Gasteiger partial charge < -0.3 is 19.6 Å². The number of esters is 1. The molecule has 4 rings (SSSR count). The quantitative estimate of drug-likeness (QED) is 0.141. The molecule has 39 heavy (non-hydrogen) atoms. The SMILES string of the molecule is CC/N=c1/cc2oc3cc(NCC)c(C)cc3c(-c3ccccc3C(=O)OCC)c-2cc1C.CNC(C)O.Cl. The molecule has 2 aliphatic rings. The maximum Gasteiger partial charge on any atom is 0.338 e. The summed E-state index contributed by atoms with van der Waals surface area (Å²) in [5.74, 6) is 0.408. The summed E-state index contributed by atoms with van der Waals surface area (Å²) < 4.78 is 11.8. The number of rotatable bonds is 7. The molecule has 1 unspecified atom stereocenters. The summed E-state index contributed by atoms with van der Waals surface area (Å²) in [7, 11) is 1.70. The van der Waals surface area contributed by atoms with Gasteiger partial charge in [0.1, 0.15) is 17.6 Å². The van der Waals surface area contributed by atoms with Gasteiger partial charge in [0, 0.05) is 47.4 Å². The van der Waals surface area contributed by atoms with Crippen molar-refractivity contribution < 1.29 is 19.1 Å². The number of anilines is 1. The number of aliphatic hydroxyl groups excluding tert-OH is 1. The molecule has 0 fully saturated rings. The van der Waals surface area contributed by atoms with Gasteiger partial charge in [0.2, 0.25) is 0 Å². The van der Waals surface area contributed by atoms with E-state index in [0.717, 1.165) is 62.1 Å². The van der Waals surface area contributed by atoms with Crippen molar-refractivity contribution in [2.75, 3.05) is 32.1 Å². The van der Waals surface area contributed by atoms with Crippen LogP contribution in [0.4, 0.5) is 5.69 Å². The number of halogens is 1. The second-order valence-electron chi connectivity index (χ2n) is 9.01. The van der Waals surface area contributed by atoms with Crippen LogP contribution in [0.15, 0.2) is 57.9 Å². The molecule has 1 heterocycles. The fourth-order valence-corrected chi connectivity index (χ4v) is 4.29. The molecule has 3 N–H and O–H groups in total. The Bertz CT molecular complexity index is 1450. The first-order valence-corrected chi connectivity index (χ1v) is 13.1. The number of nitrogens with zero attached hydrogens (tertiary/aromatic N) is 1. The Morgan fingerprint density at radius 2 is 1.74 bits per heavy atom. The Morgan fingerprint density at radius 1 is 1.05 bits per heavy atom. The monoisotopic (exact) mass is 553 g/mol. The van der Waals surface area contributed by atoms with Crippen LogP contribution in [0.2, 0.25) is 0 Å². The second kappa shape index (κ2) is 14.7. The van der Waals surface area contributed by atoms with Crippen LogP contribution in [0.25, 0.3) is 33.4 Å². The number of hydrogen-bond acceptors (Lipinski definition) is 7. The van der Waals surface area contributed by atoms with E-state index in [1.165, 1.54) is 0 Å². The van der Waals surface area contributed by atoms with Crippen molar-refractivity contribution in [3.05, 3.63) is 70.6 Å². The van der Waals surface area contributed by atoms with Crippen LogP contribution in [0, 0.1) is 13.8 Å². The fourth-order valence-electron chi connectivity index (χ4n) is 4.29. The lowest BCUT2D eigenvalue weighted by Gasteiger charge is -2.19. The summed E-state index contributed by atoms with van der Waals surface area (Å²) >= 11 is 0. The molecule has 0 bridgehead atoms. The average Bonchev–Trinajstić information content (AvgIpc) is 2.89. The Balaban J connectivity index is 0.000000816. The Morgan fingerprint density at radius 3 is 2.36 bits per heavy atom. The Kier molecular flexibility index (Phi) is 12.0. The van der Waals surface area contributed by atoms with E-state index in [9.17, 15) is 4.79 Å². The lowest BCUT2D eigenvalue weighted by molar-refractivity contribution is 0.0527. The van der Waals surface area contributed by atoms with Gasteiger partial charge in [0.25, 0.3) is 0 Å². The fraction of sp³-hybridized carbons (Fsp3) is 0.355. The highest BCUT2D eigenvalue weighted by atomic mass is 35.5. The lowest BCUT2D eigenvalue weighted by atomic mass is 9.89. The molecule has 210 valence electrons. The molecule has 0 saturated heterocycles. The molecule has 0 spiro atoms. The van der Waals surface area contributed by atoms with Gasteiger partial charge in [0.15, 0.2) is 0 Å². The molecule has 0 amide bonds. The van der Waals surface area contributed by atoms with Crippen LogP contribution in [0.3, 0.4) is 0 Å². The molecular weight excluding hydrogens is 514 g/mol. The van der Waals surface area contributed by atoms with Crippen molar-refractivity contribution in [2.45, 2.75) is 47.8 Å². The summed E-state index contributed by atoms with van der Waals surface area (Å²) in [6.45, 7) is 13.6. The number of ether oxygens (including phenoxy) is 1. The first kappa shape index (κ1) is 31.8. The topological polar surface area (TPSA) is 96.1 Å². The summed E-state index contributed by atoms with van der Waals surface area (Å²) in [6.07, 6.45) is -0.366. The van der Waals surface area contributed by atoms with Crippen LogP contribution >= 0.6 is 12.4 Å². The molecule has 7 nitrogen and oxygen atoms in total. The van der Waals surface area contributed by atoms with E-state index in [2.05, 4.69) is 48.5 Å². The highest BCUT2D eigenvalue weighted by molar-refractivity contribution is 6.08. The van der Waals surface area contributed by atoms with Crippen molar-refractivity contribution in [3.63, 3.8) is 0 Å². The van der Waals surface area contributed by atoms with Crippen molar-refractivity contribution >= 4 is 35.0 Å². The van der Waals surface area contributed by atoms with Crippen molar-refractivity contribution in [1.82, 2.24) is 5.32 Å². The smallest absolute Gasteiger partial charge is 0.338 e. The number of carbonyl (C=O) groups is 1. The van der Waals surface area contributed by atoms with Gasteiger partial charge in [-0.2, -0.15) is 0 Å². The average molecular weight is 554 g/mol. The third-order valence-electron chi connectivity index (χ3n) is 6.19. The Hall–Kier alpha value is -3.39. The van der Waals surface area contributed by atoms with E-state index >= 15 is 0 Å². The highest BCUT2D eigenvalue weighted by Gasteiger charge is 2.23. The zero-order valence-electron chi connectivity index (χ0n) is 23.8.